The molecule has 0 fully saturated rings. The highest BCUT2D eigenvalue weighted by atomic mass is 35.5. The number of ether oxygens (including phenoxy) is 2. The number of hydrazone groups is 1. The third-order valence-electron chi connectivity index (χ3n) is 3.51. The van der Waals surface area contributed by atoms with Crippen molar-refractivity contribution >= 4 is 23.7 Å². The van der Waals surface area contributed by atoms with Crippen LogP contribution in [0.1, 0.15) is 42.6 Å². The minimum atomic E-state index is -0.303. The summed E-state index contributed by atoms with van der Waals surface area (Å²) in [6, 6.07) is 12.1. The summed E-state index contributed by atoms with van der Waals surface area (Å²) in [5.74, 6) is 1.07. The maximum atomic E-state index is 12.0. The zero-order valence-corrected chi connectivity index (χ0v) is 15.8. The molecule has 0 saturated heterocycles. The van der Waals surface area contributed by atoms with Crippen LogP contribution in [0.5, 0.6) is 11.5 Å². The van der Waals surface area contributed by atoms with E-state index in [1.807, 2.05) is 25.1 Å². The van der Waals surface area contributed by atoms with Gasteiger partial charge in [-0.3, -0.25) is 4.79 Å². The lowest BCUT2D eigenvalue weighted by atomic mass is 10.2. The molecule has 138 valence electrons. The standard InChI is InChI=1S/C20H23ClN2O3/c1-3-5-12-26-18-11-6-15(13-19(18)25-4-2)14-22-23-20(24)16-7-9-17(21)10-8-16/h6-11,13-14H,3-5,12H2,1-2H3,(H,23,24). The van der Waals surface area contributed by atoms with E-state index in [9.17, 15) is 4.79 Å². The molecule has 1 N–H and O–H groups in total. The number of carbonyl (C=O) groups is 1. The van der Waals surface area contributed by atoms with Gasteiger partial charge in [-0.05, 0) is 61.4 Å². The van der Waals surface area contributed by atoms with Crippen LogP contribution in [0, 0.1) is 0 Å². The van der Waals surface area contributed by atoms with Gasteiger partial charge < -0.3 is 9.47 Å². The molecule has 0 spiro atoms. The molecule has 0 aliphatic rings. The van der Waals surface area contributed by atoms with E-state index in [-0.39, 0.29) is 5.91 Å². The van der Waals surface area contributed by atoms with Crippen LogP contribution in [0.25, 0.3) is 0 Å². The maximum Gasteiger partial charge on any atom is 0.271 e. The normalized spacial score (nSPS) is 10.7. The summed E-state index contributed by atoms with van der Waals surface area (Å²) in [4.78, 5) is 12.0. The summed E-state index contributed by atoms with van der Waals surface area (Å²) in [6.45, 7) is 5.23. The Bertz CT molecular complexity index is 745. The van der Waals surface area contributed by atoms with Crippen LogP contribution < -0.4 is 14.9 Å². The fourth-order valence-corrected chi connectivity index (χ4v) is 2.28. The van der Waals surface area contributed by atoms with Gasteiger partial charge in [-0.15, -0.1) is 0 Å². The van der Waals surface area contributed by atoms with Gasteiger partial charge in [0.05, 0.1) is 19.4 Å². The predicted molar refractivity (Wildman–Crippen MR) is 105 cm³/mol. The molecule has 0 atom stereocenters. The molecule has 0 unspecified atom stereocenters. The number of nitrogens with one attached hydrogen (secondary N) is 1. The molecule has 2 aromatic carbocycles. The molecule has 1 amide bonds. The SMILES string of the molecule is CCCCOc1ccc(C=NNC(=O)c2ccc(Cl)cc2)cc1OCC. The monoisotopic (exact) mass is 374 g/mol. The predicted octanol–water partition coefficient (Wildman–Crippen LogP) is 4.68. The molecule has 0 radical (unpaired) electrons. The lowest BCUT2D eigenvalue weighted by molar-refractivity contribution is 0.0955. The van der Waals surface area contributed by atoms with Crippen molar-refractivity contribution in [3.05, 3.63) is 58.6 Å². The number of nitrogens with zero attached hydrogens (tertiary/aromatic N) is 1. The van der Waals surface area contributed by atoms with Gasteiger partial charge in [-0.2, -0.15) is 5.10 Å². The van der Waals surface area contributed by atoms with Crippen LogP contribution in [0.3, 0.4) is 0 Å². The number of carbonyl (C=O) groups excluding carboxylic acids is 1. The van der Waals surface area contributed by atoms with E-state index in [2.05, 4.69) is 17.5 Å². The summed E-state index contributed by atoms with van der Waals surface area (Å²) < 4.78 is 11.4. The lowest BCUT2D eigenvalue weighted by Gasteiger charge is -2.12. The molecule has 0 bridgehead atoms. The molecule has 0 saturated carbocycles. The molecule has 0 heterocycles. The van der Waals surface area contributed by atoms with E-state index < -0.39 is 0 Å². The summed E-state index contributed by atoms with van der Waals surface area (Å²) >= 11 is 5.81. The molecule has 2 aromatic rings. The molecule has 26 heavy (non-hydrogen) atoms. The van der Waals surface area contributed by atoms with Gasteiger partial charge in [-0.1, -0.05) is 24.9 Å². The molecular formula is C20H23ClN2O3. The number of benzene rings is 2. The van der Waals surface area contributed by atoms with Crippen molar-refractivity contribution in [3.8, 4) is 11.5 Å². The first kappa shape index (κ1) is 19.8. The molecule has 0 aliphatic carbocycles. The first-order valence-electron chi connectivity index (χ1n) is 8.62. The van der Waals surface area contributed by atoms with Crippen molar-refractivity contribution < 1.29 is 14.3 Å². The van der Waals surface area contributed by atoms with Crippen molar-refractivity contribution in [2.24, 2.45) is 5.10 Å². The molecular weight excluding hydrogens is 352 g/mol. The molecule has 6 heteroatoms. The number of hydrogen-bond donors (Lipinski definition) is 1. The van der Waals surface area contributed by atoms with Gasteiger partial charge in [0.1, 0.15) is 0 Å². The average Bonchev–Trinajstić information content (AvgIpc) is 2.64. The van der Waals surface area contributed by atoms with Gasteiger partial charge in [0.2, 0.25) is 0 Å². The van der Waals surface area contributed by atoms with E-state index >= 15 is 0 Å². The Hall–Kier alpha value is -2.53. The fourth-order valence-electron chi connectivity index (χ4n) is 2.15. The summed E-state index contributed by atoms with van der Waals surface area (Å²) in [6.07, 6.45) is 3.62. The van der Waals surface area contributed by atoms with E-state index in [0.717, 1.165) is 18.4 Å². The molecule has 2 rings (SSSR count). The van der Waals surface area contributed by atoms with Gasteiger partial charge in [0.25, 0.3) is 5.91 Å². The van der Waals surface area contributed by atoms with Crippen molar-refractivity contribution in [2.45, 2.75) is 26.7 Å². The summed E-state index contributed by atoms with van der Waals surface area (Å²) in [5, 5.41) is 4.57. The second-order valence-electron chi connectivity index (χ2n) is 5.55. The van der Waals surface area contributed by atoms with Crippen molar-refractivity contribution in [2.75, 3.05) is 13.2 Å². The molecule has 0 aliphatic heterocycles. The van der Waals surface area contributed by atoms with E-state index in [1.54, 1.807) is 30.5 Å². The third-order valence-corrected chi connectivity index (χ3v) is 3.76. The number of halogens is 1. The van der Waals surface area contributed by atoms with Crippen LogP contribution >= 0.6 is 11.6 Å². The minimum Gasteiger partial charge on any atom is -0.490 e. The Labute approximate surface area is 159 Å². The zero-order chi connectivity index (χ0) is 18.8. The second kappa shape index (κ2) is 10.5. The van der Waals surface area contributed by atoms with Crippen LogP contribution in [0.15, 0.2) is 47.6 Å². The minimum absolute atomic E-state index is 0.303. The van der Waals surface area contributed by atoms with Crippen molar-refractivity contribution in [1.29, 1.82) is 0 Å². The fraction of sp³-hybridized carbons (Fsp3) is 0.300. The average molecular weight is 375 g/mol. The lowest BCUT2D eigenvalue weighted by Crippen LogP contribution is -2.17. The Kier molecular flexibility index (Phi) is 7.96. The summed E-state index contributed by atoms with van der Waals surface area (Å²) in [5.41, 5.74) is 3.78. The largest absolute Gasteiger partial charge is 0.490 e. The van der Waals surface area contributed by atoms with Gasteiger partial charge >= 0.3 is 0 Å². The number of hydrogen-bond acceptors (Lipinski definition) is 4. The van der Waals surface area contributed by atoms with Crippen molar-refractivity contribution in [1.82, 2.24) is 5.43 Å². The maximum absolute atomic E-state index is 12.0. The van der Waals surface area contributed by atoms with E-state index in [1.165, 1.54) is 0 Å². The number of rotatable bonds is 9. The highest BCUT2D eigenvalue weighted by molar-refractivity contribution is 6.30. The molecule has 5 nitrogen and oxygen atoms in total. The zero-order valence-electron chi connectivity index (χ0n) is 15.0. The van der Waals surface area contributed by atoms with Crippen LogP contribution in [-0.2, 0) is 0 Å². The first-order valence-corrected chi connectivity index (χ1v) is 9.00. The van der Waals surface area contributed by atoms with E-state index in [0.29, 0.717) is 35.3 Å². The second-order valence-corrected chi connectivity index (χ2v) is 5.98. The Morgan fingerprint density at radius 1 is 1.12 bits per heavy atom. The Morgan fingerprint density at radius 2 is 1.88 bits per heavy atom. The van der Waals surface area contributed by atoms with Gasteiger partial charge in [0.15, 0.2) is 11.5 Å². The highest BCUT2D eigenvalue weighted by Gasteiger charge is 2.06. The topological polar surface area (TPSA) is 59.9 Å². The smallest absolute Gasteiger partial charge is 0.271 e. The van der Waals surface area contributed by atoms with Gasteiger partial charge in [-0.25, -0.2) is 5.43 Å². The molecule has 0 aromatic heterocycles. The number of unbranched alkanes of at least 4 members (excludes halogenated alkanes) is 1. The van der Waals surface area contributed by atoms with Crippen LogP contribution in [0.2, 0.25) is 5.02 Å². The van der Waals surface area contributed by atoms with Crippen LogP contribution in [0.4, 0.5) is 0 Å². The Morgan fingerprint density at radius 3 is 2.58 bits per heavy atom. The number of amides is 1. The summed E-state index contributed by atoms with van der Waals surface area (Å²) in [7, 11) is 0. The quantitative estimate of drug-likeness (QED) is 0.394. The van der Waals surface area contributed by atoms with Crippen LogP contribution in [-0.4, -0.2) is 25.3 Å². The van der Waals surface area contributed by atoms with Gasteiger partial charge in [0, 0.05) is 10.6 Å². The Balaban J connectivity index is 2.01. The first-order chi connectivity index (χ1) is 12.6. The van der Waals surface area contributed by atoms with E-state index in [4.69, 9.17) is 21.1 Å². The highest BCUT2D eigenvalue weighted by Crippen LogP contribution is 2.28. The third kappa shape index (κ3) is 6.08. The van der Waals surface area contributed by atoms with Crippen molar-refractivity contribution in [3.63, 3.8) is 0 Å².